The number of carbonyl (C=O) groups is 1. The zero-order valence-corrected chi connectivity index (χ0v) is 7.10. The van der Waals surface area contributed by atoms with Crippen LogP contribution in [0.25, 0.3) is 0 Å². The molecular weight excluding hydrogens is 156 g/mol. The lowest BCUT2D eigenvalue weighted by molar-refractivity contribution is -0.147. The van der Waals surface area contributed by atoms with E-state index in [2.05, 4.69) is 0 Å². The minimum atomic E-state index is -0.728. The van der Waals surface area contributed by atoms with Crippen LogP contribution in [0.5, 0.6) is 0 Å². The van der Waals surface area contributed by atoms with Gasteiger partial charge in [-0.25, -0.2) is 0 Å². The summed E-state index contributed by atoms with van der Waals surface area (Å²) >= 11 is 0. The fraction of sp³-hybridized carbons (Fsp3) is 0.889. The van der Waals surface area contributed by atoms with E-state index in [1.807, 2.05) is 6.92 Å². The number of carboxylic acids is 1. The van der Waals surface area contributed by atoms with E-state index < -0.39 is 5.97 Å². The number of aliphatic carboxylic acids is 1. The van der Waals surface area contributed by atoms with Gasteiger partial charge in [0.15, 0.2) is 0 Å². The normalized spacial score (nSPS) is 51.3. The van der Waals surface area contributed by atoms with Crippen molar-refractivity contribution in [3.63, 3.8) is 0 Å². The Morgan fingerprint density at radius 2 is 2.08 bits per heavy atom. The van der Waals surface area contributed by atoms with E-state index in [1.165, 1.54) is 0 Å². The van der Waals surface area contributed by atoms with Crippen molar-refractivity contribution < 1.29 is 15.0 Å². The van der Waals surface area contributed by atoms with E-state index in [0.717, 1.165) is 12.8 Å². The molecule has 3 heteroatoms. The monoisotopic (exact) mass is 170 g/mol. The Balaban J connectivity index is 2.20. The summed E-state index contributed by atoms with van der Waals surface area (Å²) < 4.78 is 0. The molecule has 0 aromatic heterocycles. The zero-order chi connectivity index (χ0) is 8.88. The molecule has 0 saturated heterocycles. The van der Waals surface area contributed by atoms with Crippen LogP contribution in [0.15, 0.2) is 0 Å². The van der Waals surface area contributed by atoms with Gasteiger partial charge < -0.3 is 10.2 Å². The lowest BCUT2D eigenvalue weighted by Crippen LogP contribution is -2.34. The third kappa shape index (κ3) is 0.891. The molecule has 2 rings (SSSR count). The molecule has 2 aliphatic carbocycles. The van der Waals surface area contributed by atoms with Gasteiger partial charge >= 0.3 is 5.97 Å². The van der Waals surface area contributed by atoms with Crippen LogP contribution >= 0.6 is 0 Å². The SMILES string of the molecule is C[C@H]1[C@@H]2C[C@@H]([C@@H]1C(=O)O)[C@@H](O)C2. The lowest BCUT2D eigenvalue weighted by atomic mass is 9.79. The molecule has 0 aromatic rings. The second kappa shape index (κ2) is 2.46. The first-order valence-electron chi connectivity index (χ1n) is 4.52. The van der Waals surface area contributed by atoms with Gasteiger partial charge in [0.25, 0.3) is 0 Å². The minimum Gasteiger partial charge on any atom is -0.481 e. The van der Waals surface area contributed by atoms with Crippen molar-refractivity contribution >= 4 is 5.97 Å². The maximum absolute atomic E-state index is 10.8. The summed E-state index contributed by atoms with van der Waals surface area (Å²) in [6.07, 6.45) is 1.38. The average Bonchev–Trinajstić information content (AvgIpc) is 2.44. The van der Waals surface area contributed by atoms with Crippen LogP contribution in [0.1, 0.15) is 19.8 Å². The largest absolute Gasteiger partial charge is 0.481 e. The minimum absolute atomic E-state index is 0.0301. The number of rotatable bonds is 1. The molecular formula is C9H14O3. The van der Waals surface area contributed by atoms with Gasteiger partial charge in [-0.3, -0.25) is 4.79 Å². The quantitative estimate of drug-likeness (QED) is 0.609. The summed E-state index contributed by atoms with van der Waals surface area (Å²) in [7, 11) is 0. The molecule has 0 aromatic carbocycles. The summed E-state index contributed by atoms with van der Waals surface area (Å²) in [4.78, 5) is 10.8. The van der Waals surface area contributed by atoms with E-state index >= 15 is 0 Å². The van der Waals surface area contributed by atoms with E-state index in [0.29, 0.717) is 5.92 Å². The second-order valence-electron chi connectivity index (χ2n) is 4.19. The van der Waals surface area contributed by atoms with Crippen LogP contribution in [-0.4, -0.2) is 22.3 Å². The third-order valence-corrected chi connectivity index (χ3v) is 3.67. The van der Waals surface area contributed by atoms with Crippen molar-refractivity contribution in [3.05, 3.63) is 0 Å². The van der Waals surface area contributed by atoms with Gasteiger partial charge in [0.05, 0.1) is 12.0 Å². The Labute approximate surface area is 71.4 Å². The van der Waals surface area contributed by atoms with Gasteiger partial charge in [0.1, 0.15) is 0 Å². The Hall–Kier alpha value is -0.570. The van der Waals surface area contributed by atoms with Crippen molar-refractivity contribution in [1.82, 2.24) is 0 Å². The van der Waals surface area contributed by atoms with E-state index in [4.69, 9.17) is 5.11 Å². The summed E-state index contributed by atoms with van der Waals surface area (Å²) in [5, 5.41) is 18.4. The van der Waals surface area contributed by atoms with Crippen LogP contribution in [0.3, 0.4) is 0 Å². The van der Waals surface area contributed by atoms with Crippen LogP contribution in [0.2, 0.25) is 0 Å². The highest BCUT2D eigenvalue weighted by Crippen LogP contribution is 2.52. The molecule has 68 valence electrons. The van der Waals surface area contributed by atoms with Crippen molar-refractivity contribution in [3.8, 4) is 0 Å². The lowest BCUT2D eigenvalue weighted by Gasteiger charge is -2.28. The molecule has 0 unspecified atom stereocenters. The highest BCUT2D eigenvalue weighted by molar-refractivity contribution is 5.71. The van der Waals surface area contributed by atoms with Crippen LogP contribution in [0.4, 0.5) is 0 Å². The summed E-state index contributed by atoms with van der Waals surface area (Å²) in [5.41, 5.74) is 0. The van der Waals surface area contributed by atoms with Gasteiger partial charge in [-0.15, -0.1) is 0 Å². The summed E-state index contributed by atoms with van der Waals surface area (Å²) in [6, 6.07) is 0. The molecule has 2 saturated carbocycles. The van der Waals surface area contributed by atoms with Crippen molar-refractivity contribution in [2.75, 3.05) is 0 Å². The van der Waals surface area contributed by atoms with Crippen molar-refractivity contribution in [2.45, 2.75) is 25.9 Å². The van der Waals surface area contributed by atoms with Gasteiger partial charge in [0, 0.05) is 0 Å². The molecule has 2 aliphatic rings. The fourth-order valence-corrected chi connectivity index (χ4v) is 2.99. The standard InChI is InChI=1S/C9H14O3/c1-4-5-2-6(7(10)3-5)8(4)9(11)12/h4-8,10H,2-3H2,1H3,(H,11,12)/t4-,5+,6+,7-,8+/m0/s1. The number of fused-ring (bicyclic) bond motifs is 2. The van der Waals surface area contributed by atoms with Crippen LogP contribution < -0.4 is 0 Å². The van der Waals surface area contributed by atoms with Gasteiger partial charge in [0.2, 0.25) is 0 Å². The molecule has 5 atom stereocenters. The van der Waals surface area contributed by atoms with Gasteiger partial charge in [-0.1, -0.05) is 6.92 Å². The second-order valence-corrected chi connectivity index (χ2v) is 4.19. The first-order chi connectivity index (χ1) is 5.61. The maximum Gasteiger partial charge on any atom is 0.307 e. The highest BCUT2D eigenvalue weighted by Gasteiger charge is 2.53. The van der Waals surface area contributed by atoms with Crippen molar-refractivity contribution in [2.24, 2.45) is 23.7 Å². The Morgan fingerprint density at radius 3 is 2.50 bits per heavy atom. The van der Waals surface area contributed by atoms with Crippen LogP contribution in [0, 0.1) is 23.7 Å². The number of hydrogen-bond acceptors (Lipinski definition) is 2. The smallest absolute Gasteiger partial charge is 0.307 e. The predicted octanol–water partition coefficient (Wildman–Crippen LogP) is 0.724. The Morgan fingerprint density at radius 1 is 1.42 bits per heavy atom. The van der Waals surface area contributed by atoms with E-state index in [9.17, 15) is 9.90 Å². The Bertz CT molecular complexity index is 214. The molecule has 2 bridgehead atoms. The first kappa shape index (κ1) is 8.05. The molecule has 2 N–H and O–H groups in total. The number of carboxylic acid groups (broad SMARTS) is 1. The number of aliphatic hydroxyl groups excluding tert-OH is 1. The zero-order valence-electron chi connectivity index (χ0n) is 7.10. The molecule has 3 nitrogen and oxygen atoms in total. The summed E-state index contributed by atoms with van der Waals surface area (Å²) in [6.45, 7) is 2.00. The fourth-order valence-electron chi connectivity index (χ4n) is 2.99. The number of hydrogen-bond donors (Lipinski definition) is 2. The van der Waals surface area contributed by atoms with Crippen LogP contribution in [-0.2, 0) is 4.79 Å². The number of aliphatic hydroxyl groups is 1. The molecule has 0 heterocycles. The molecule has 2 fully saturated rings. The Kier molecular flexibility index (Phi) is 1.65. The molecule has 12 heavy (non-hydrogen) atoms. The van der Waals surface area contributed by atoms with Gasteiger partial charge in [-0.05, 0) is 30.6 Å². The first-order valence-corrected chi connectivity index (χ1v) is 4.52. The topological polar surface area (TPSA) is 57.5 Å². The van der Waals surface area contributed by atoms with E-state index in [1.54, 1.807) is 0 Å². The summed E-state index contributed by atoms with van der Waals surface area (Å²) in [5.74, 6) is -0.281. The maximum atomic E-state index is 10.8. The highest BCUT2D eigenvalue weighted by atomic mass is 16.4. The molecule has 0 spiro atoms. The van der Waals surface area contributed by atoms with E-state index in [-0.39, 0.29) is 23.9 Å². The van der Waals surface area contributed by atoms with Gasteiger partial charge in [-0.2, -0.15) is 0 Å². The van der Waals surface area contributed by atoms with Crippen molar-refractivity contribution in [1.29, 1.82) is 0 Å². The molecule has 0 aliphatic heterocycles. The third-order valence-electron chi connectivity index (χ3n) is 3.67. The average molecular weight is 170 g/mol. The molecule has 0 radical (unpaired) electrons. The predicted molar refractivity (Wildman–Crippen MR) is 42.5 cm³/mol. The molecule has 0 amide bonds.